The van der Waals surface area contributed by atoms with E-state index < -0.39 is 10.0 Å². The molecule has 0 spiro atoms. The highest BCUT2D eigenvalue weighted by Crippen LogP contribution is 1.98. The van der Waals surface area contributed by atoms with Crippen molar-refractivity contribution in [3.63, 3.8) is 0 Å². The molecule has 1 unspecified atom stereocenters. The first kappa shape index (κ1) is 11.2. The van der Waals surface area contributed by atoms with E-state index in [1.807, 2.05) is 13.8 Å². The van der Waals surface area contributed by atoms with Gasteiger partial charge in [-0.25, -0.2) is 13.1 Å². The summed E-state index contributed by atoms with van der Waals surface area (Å²) in [6.07, 6.45) is 1.81. The summed E-state index contributed by atoms with van der Waals surface area (Å²) in [5.41, 5.74) is 0. The molecule has 1 N–H and O–H groups in total. The van der Waals surface area contributed by atoms with Gasteiger partial charge in [-0.2, -0.15) is 0 Å². The average molecular weight is 200 g/mol. The SMILES string of the molecule is CCCC(C)NS(=O)(=O)CCl. The van der Waals surface area contributed by atoms with Crippen molar-refractivity contribution in [2.75, 3.05) is 5.21 Å². The summed E-state index contributed by atoms with van der Waals surface area (Å²) in [7, 11) is -3.23. The van der Waals surface area contributed by atoms with Crippen molar-refractivity contribution in [3.8, 4) is 0 Å². The highest BCUT2D eigenvalue weighted by molar-refractivity contribution is 7.90. The fourth-order valence-electron chi connectivity index (χ4n) is 0.830. The maximum atomic E-state index is 10.8. The molecule has 11 heavy (non-hydrogen) atoms. The monoisotopic (exact) mass is 199 g/mol. The lowest BCUT2D eigenvalue weighted by Gasteiger charge is -2.10. The van der Waals surface area contributed by atoms with Crippen molar-refractivity contribution in [3.05, 3.63) is 0 Å². The molecule has 0 bridgehead atoms. The van der Waals surface area contributed by atoms with Crippen LogP contribution >= 0.6 is 11.6 Å². The van der Waals surface area contributed by atoms with Crippen LogP contribution in [0.5, 0.6) is 0 Å². The van der Waals surface area contributed by atoms with Gasteiger partial charge in [0, 0.05) is 6.04 Å². The van der Waals surface area contributed by atoms with Gasteiger partial charge >= 0.3 is 0 Å². The zero-order valence-corrected chi connectivity index (χ0v) is 8.37. The number of sulfonamides is 1. The molecule has 0 rings (SSSR count). The Hall–Kier alpha value is 0.200. The molecule has 0 fully saturated rings. The molecule has 0 aliphatic heterocycles. The van der Waals surface area contributed by atoms with Crippen molar-refractivity contribution in [1.29, 1.82) is 0 Å². The van der Waals surface area contributed by atoms with E-state index in [1.54, 1.807) is 0 Å². The molecule has 0 aliphatic carbocycles. The quantitative estimate of drug-likeness (QED) is 0.679. The second-order valence-corrected chi connectivity index (χ2v) is 4.87. The molecule has 0 amide bonds. The fraction of sp³-hybridized carbons (Fsp3) is 1.00. The van der Waals surface area contributed by atoms with Crippen LogP contribution in [-0.2, 0) is 10.0 Å². The molecule has 0 aliphatic rings. The van der Waals surface area contributed by atoms with Gasteiger partial charge in [-0.15, -0.1) is 11.6 Å². The summed E-state index contributed by atoms with van der Waals surface area (Å²) in [5, 5.41) is -0.360. The lowest BCUT2D eigenvalue weighted by atomic mass is 10.2. The Morgan fingerprint density at radius 1 is 1.55 bits per heavy atom. The van der Waals surface area contributed by atoms with Crippen LogP contribution in [0, 0.1) is 0 Å². The van der Waals surface area contributed by atoms with Crippen LogP contribution in [0.25, 0.3) is 0 Å². The number of rotatable bonds is 5. The molecule has 0 heterocycles. The standard InChI is InChI=1S/C6H14ClNO2S/c1-3-4-6(2)8-11(9,10)5-7/h6,8H,3-5H2,1-2H3. The topological polar surface area (TPSA) is 46.2 Å². The van der Waals surface area contributed by atoms with Gasteiger partial charge in [0.1, 0.15) is 5.21 Å². The Morgan fingerprint density at radius 2 is 2.09 bits per heavy atom. The van der Waals surface area contributed by atoms with E-state index in [-0.39, 0.29) is 11.3 Å². The molecule has 3 nitrogen and oxygen atoms in total. The molecule has 0 saturated heterocycles. The number of nitrogens with one attached hydrogen (secondary N) is 1. The van der Waals surface area contributed by atoms with Gasteiger partial charge in [0.05, 0.1) is 0 Å². The summed E-state index contributed by atoms with van der Waals surface area (Å²) in [5.74, 6) is 0. The minimum Gasteiger partial charge on any atom is -0.211 e. The molecule has 0 saturated carbocycles. The number of alkyl halides is 1. The Bertz CT molecular complexity index is 191. The molecule has 0 aromatic heterocycles. The maximum Gasteiger partial charge on any atom is 0.225 e. The smallest absolute Gasteiger partial charge is 0.211 e. The van der Waals surface area contributed by atoms with E-state index in [9.17, 15) is 8.42 Å². The van der Waals surface area contributed by atoms with E-state index in [0.29, 0.717) is 0 Å². The molecular weight excluding hydrogens is 186 g/mol. The van der Waals surface area contributed by atoms with Crippen LogP contribution in [0.4, 0.5) is 0 Å². The Kier molecular flexibility index (Phi) is 5.04. The van der Waals surface area contributed by atoms with Gasteiger partial charge in [0.25, 0.3) is 0 Å². The zero-order chi connectivity index (χ0) is 8.91. The van der Waals surface area contributed by atoms with Gasteiger partial charge in [-0.3, -0.25) is 0 Å². The first-order valence-electron chi connectivity index (χ1n) is 3.57. The minimum atomic E-state index is -3.23. The molecule has 0 aromatic rings. The number of hydrogen-bond acceptors (Lipinski definition) is 2. The van der Waals surface area contributed by atoms with E-state index >= 15 is 0 Å². The van der Waals surface area contributed by atoms with Crippen molar-refractivity contribution in [2.24, 2.45) is 0 Å². The summed E-state index contributed by atoms with van der Waals surface area (Å²) in [6.45, 7) is 3.83. The average Bonchev–Trinajstić information content (AvgIpc) is 1.87. The first-order valence-corrected chi connectivity index (χ1v) is 5.76. The second-order valence-electron chi connectivity index (χ2n) is 2.53. The molecule has 68 valence electrons. The normalized spacial score (nSPS) is 14.8. The number of halogens is 1. The van der Waals surface area contributed by atoms with E-state index in [1.165, 1.54) is 0 Å². The molecule has 5 heteroatoms. The molecular formula is C6H14ClNO2S. The van der Waals surface area contributed by atoms with Gasteiger partial charge in [-0.05, 0) is 13.3 Å². The van der Waals surface area contributed by atoms with Crippen LogP contribution in [0.15, 0.2) is 0 Å². The highest BCUT2D eigenvalue weighted by atomic mass is 35.5. The Morgan fingerprint density at radius 3 is 2.45 bits per heavy atom. The van der Waals surface area contributed by atoms with Crippen LogP contribution in [-0.4, -0.2) is 19.7 Å². The Balaban J connectivity index is 3.84. The van der Waals surface area contributed by atoms with E-state index in [0.717, 1.165) is 12.8 Å². The summed E-state index contributed by atoms with van der Waals surface area (Å²) in [6, 6.07) is -0.0104. The van der Waals surface area contributed by atoms with Crippen LogP contribution in [0.2, 0.25) is 0 Å². The van der Waals surface area contributed by atoms with Crippen molar-refractivity contribution >= 4 is 21.6 Å². The van der Waals surface area contributed by atoms with Crippen molar-refractivity contribution < 1.29 is 8.42 Å². The predicted octanol–water partition coefficient (Wildman–Crippen LogP) is 1.29. The third-order valence-electron chi connectivity index (χ3n) is 1.25. The lowest BCUT2D eigenvalue weighted by Crippen LogP contribution is -2.32. The van der Waals surface area contributed by atoms with Gasteiger partial charge in [0.15, 0.2) is 0 Å². The summed E-state index contributed by atoms with van der Waals surface area (Å²) >= 11 is 5.19. The Labute approximate surface area is 73.2 Å². The maximum absolute atomic E-state index is 10.8. The van der Waals surface area contributed by atoms with Crippen LogP contribution in [0.1, 0.15) is 26.7 Å². The van der Waals surface area contributed by atoms with E-state index in [4.69, 9.17) is 11.6 Å². The largest absolute Gasteiger partial charge is 0.225 e. The summed E-state index contributed by atoms with van der Waals surface area (Å²) < 4.78 is 24.1. The van der Waals surface area contributed by atoms with Crippen molar-refractivity contribution in [1.82, 2.24) is 4.72 Å². The van der Waals surface area contributed by atoms with Gasteiger partial charge in [-0.1, -0.05) is 13.3 Å². The third kappa shape index (κ3) is 5.47. The van der Waals surface area contributed by atoms with Crippen molar-refractivity contribution in [2.45, 2.75) is 32.7 Å². The predicted molar refractivity (Wildman–Crippen MR) is 47.1 cm³/mol. The minimum absolute atomic E-state index is 0.0104. The van der Waals surface area contributed by atoms with Crippen LogP contribution < -0.4 is 4.72 Å². The van der Waals surface area contributed by atoms with Gasteiger partial charge < -0.3 is 0 Å². The first-order chi connectivity index (χ1) is 5.02. The molecule has 0 radical (unpaired) electrons. The van der Waals surface area contributed by atoms with Gasteiger partial charge in [0.2, 0.25) is 10.0 Å². The second kappa shape index (κ2) is 4.95. The number of hydrogen-bond donors (Lipinski definition) is 1. The van der Waals surface area contributed by atoms with Crippen LogP contribution in [0.3, 0.4) is 0 Å². The third-order valence-corrected chi connectivity index (χ3v) is 3.16. The van der Waals surface area contributed by atoms with E-state index in [2.05, 4.69) is 4.72 Å². The lowest BCUT2D eigenvalue weighted by molar-refractivity contribution is 0.547. The summed E-state index contributed by atoms with van der Waals surface area (Å²) in [4.78, 5) is 0. The zero-order valence-electron chi connectivity index (χ0n) is 6.80. The molecule has 1 atom stereocenters. The fourth-order valence-corrected chi connectivity index (χ4v) is 1.81. The highest BCUT2D eigenvalue weighted by Gasteiger charge is 2.11. The molecule has 0 aromatic carbocycles.